The van der Waals surface area contributed by atoms with Gasteiger partial charge in [0.2, 0.25) is 5.95 Å². The predicted octanol–water partition coefficient (Wildman–Crippen LogP) is 5.07. The minimum atomic E-state index is -0.668. The van der Waals surface area contributed by atoms with Crippen LogP contribution in [-0.4, -0.2) is 48.1 Å². The first-order chi connectivity index (χ1) is 15.6. The Morgan fingerprint density at radius 1 is 0.875 bits per heavy atom. The fourth-order valence-electron chi connectivity index (χ4n) is 4.00. The van der Waals surface area contributed by atoms with E-state index in [4.69, 9.17) is 0 Å². The number of benzene rings is 3. The summed E-state index contributed by atoms with van der Waals surface area (Å²) in [5.74, 6) is -1.19. The number of rotatable bonds is 4. The third-order valence-electron chi connectivity index (χ3n) is 5.83. The molecule has 0 spiro atoms. The molecule has 1 aliphatic heterocycles. The van der Waals surface area contributed by atoms with Gasteiger partial charge < -0.3 is 15.1 Å². The van der Waals surface area contributed by atoms with E-state index in [1.807, 2.05) is 60.5 Å². The number of halogens is 2. The molecule has 2 heterocycles. The fraction of sp³-hybridized carbons (Fsp3) is 0.200. The summed E-state index contributed by atoms with van der Waals surface area (Å²) in [7, 11) is 2.04. The average Bonchev–Trinajstić information content (AvgIpc) is 2.82. The van der Waals surface area contributed by atoms with Crippen LogP contribution < -0.4 is 10.2 Å². The summed E-state index contributed by atoms with van der Waals surface area (Å²) in [6, 6.07) is 18.4. The van der Waals surface area contributed by atoms with E-state index in [-0.39, 0.29) is 11.6 Å². The molecule has 1 saturated heterocycles. The van der Waals surface area contributed by atoms with E-state index in [9.17, 15) is 8.78 Å². The summed E-state index contributed by atoms with van der Waals surface area (Å²) in [4.78, 5) is 13.0. The molecular formula is C25H23F2N5. The number of fused-ring (bicyclic) bond motifs is 1. The van der Waals surface area contributed by atoms with E-state index < -0.39 is 11.6 Å². The second kappa shape index (κ2) is 8.51. The van der Waals surface area contributed by atoms with Crippen LogP contribution in [0.5, 0.6) is 0 Å². The highest BCUT2D eigenvalue weighted by Gasteiger charge is 2.19. The SMILES string of the molecule is CN1CCN(c2cc(F)c(Nc3ncc4cccc(-c5ccccc5)c4n3)c(F)c2)CC1. The van der Waals surface area contributed by atoms with Crippen LogP contribution in [0.1, 0.15) is 0 Å². The highest BCUT2D eigenvalue weighted by Crippen LogP contribution is 2.30. The van der Waals surface area contributed by atoms with Crippen LogP contribution in [0.2, 0.25) is 0 Å². The van der Waals surface area contributed by atoms with Gasteiger partial charge in [0.1, 0.15) is 5.69 Å². The second-order valence-corrected chi connectivity index (χ2v) is 8.00. The molecule has 4 aromatic rings. The summed E-state index contributed by atoms with van der Waals surface area (Å²) in [5.41, 5.74) is 2.95. The number of piperazine rings is 1. The summed E-state index contributed by atoms with van der Waals surface area (Å²) in [6.07, 6.45) is 1.66. The van der Waals surface area contributed by atoms with E-state index in [0.29, 0.717) is 11.2 Å². The third-order valence-corrected chi connectivity index (χ3v) is 5.83. The van der Waals surface area contributed by atoms with Crippen LogP contribution >= 0.6 is 0 Å². The van der Waals surface area contributed by atoms with Gasteiger partial charge in [-0.25, -0.2) is 18.7 Å². The maximum atomic E-state index is 14.9. The lowest BCUT2D eigenvalue weighted by molar-refractivity contribution is 0.312. The van der Waals surface area contributed by atoms with Crippen LogP contribution in [0.15, 0.2) is 66.9 Å². The number of nitrogens with one attached hydrogen (secondary N) is 1. The normalized spacial score (nSPS) is 14.7. The molecule has 0 amide bonds. The van der Waals surface area contributed by atoms with Crippen molar-refractivity contribution in [3.8, 4) is 11.1 Å². The molecule has 1 aromatic heterocycles. The van der Waals surface area contributed by atoms with Crippen molar-refractivity contribution < 1.29 is 8.78 Å². The molecule has 3 aromatic carbocycles. The zero-order valence-electron chi connectivity index (χ0n) is 17.7. The van der Waals surface area contributed by atoms with Gasteiger partial charge in [-0.3, -0.25) is 0 Å². The van der Waals surface area contributed by atoms with E-state index in [2.05, 4.69) is 20.2 Å². The highest BCUT2D eigenvalue weighted by molar-refractivity contribution is 5.93. The molecule has 0 unspecified atom stereocenters. The molecular weight excluding hydrogens is 408 g/mol. The van der Waals surface area contributed by atoms with Crippen LogP contribution in [0.25, 0.3) is 22.0 Å². The van der Waals surface area contributed by atoms with E-state index in [1.54, 1.807) is 6.20 Å². The molecule has 1 fully saturated rings. The van der Waals surface area contributed by atoms with Crippen LogP contribution in [0, 0.1) is 11.6 Å². The topological polar surface area (TPSA) is 44.3 Å². The second-order valence-electron chi connectivity index (χ2n) is 8.00. The summed E-state index contributed by atoms with van der Waals surface area (Å²) in [6.45, 7) is 3.19. The van der Waals surface area contributed by atoms with Gasteiger partial charge in [0.05, 0.1) is 5.52 Å². The Labute approximate surface area is 185 Å². The fourth-order valence-corrected chi connectivity index (χ4v) is 4.00. The quantitative estimate of drug-likeness (QED) is 0.489. The van der Waals surface area contributed by atoms with Gasteiger partial charge in [-0.05, 0) is 24.7 Å². The molecule has 162 valence electrons. The van der Waals surface area contributed by atoms with E-state index in [1.165, 1.54) is 12.1 Å². The van der Waals surface area contributed by atoms with Gasteiger partial charge in [0.15, 0.2) is 11.6 Å². The zero-order chi connectivity index (χ0) is 22.1. The Morgan fingerprint density at radius 3 is 2.31 bits per heavy atom. The Morgan fingerprint density at radius 2 is 1.59 bits per heavy atom. The smallest absolute Gasteiger partial charge is 0.227 e. The van der Waals surface area contributed by atoms with Gasteiger partial charge >= 0.3 is 0 Å². The Hall–Kier alpha value is -3.58. The molecule has 0 saturated carbocycles. The van der Waals surface area contributed by atoms with Crippen molar-refractivity contribution in [1.82, 2.24) is 14.9 Å². The number of likely N-dealkylation sites (N-methyl/N-ethyl adjacent to an activating group) is 1. The highest BCUT2D eigenvalue weighted by atomic mass is 19.1. The van der Waals surface area contributed by atoms with Crippen molar-refractivity contribution >= 4 is 28.2 Å². The molecule has 32 heavy (non-hydrogen) atoms. The molecule has 5 rings (SSSR count). The molecule has 7 heteroatoms. The van der Waals surface area contributed by atoms with Crippen molar-refractivity contribution in [2.24, 2.45) is 0 Å². The van der Waals surface area contributed by atoms with Crippen molar-refractivity contribution in [3.63, 3.8) is 0 Å². The number of hydrogen-bond acceptors (Lipinski definition) is 5. The minimum Gasteiger partial charge on any atom is -0.369 e. The Bertz CT molecular complexity index is 1230. The van der Waals surface area contributed by atoms with Gasteiger partial charge in [-0.1, -0.05) is 48.5 Å². The molecule has 5 nitrogen and oxygen atoms in total. The van der Waals surface area contributed by atoms with Crippen molar-refractivity contribution in [3.05, 3.63) is 78.5 Å². The largest absolute Gasteiger partial charge is 0.369 e. The maximum Gasteiger partial charge on any atom is 0.227 e. The van der Waals surface area contributed by atoms with Crippen LogP contribution in [-0.2, 0) is 0 Å². The summed E-state index contributed by atoms with van der Waals surface area (Å²) < 4.78 is 29.8. The predicted molar refractivity (Wildman–Crippen MR) is 124 cm³/mol. The van der Waals surface area contributed by atoms with Gasteiger partial charge in [0.25, 0.3) is 0 Å². The van der Waals surface area contributed by atoms with Gasteiger partial charge in [0, 0.05) is 49.0 Å². The average molecular weight is 431 g/mol. The van der Waals surface area contributed by atoms with Crippen LogP contribution in [0.3, 0.4) is 0 Å². The molecule has 1 aliphatic rings. The first-order valence-electron chi connectivity index (χ1n) is 10.6. The first kappa shape index (κ1) is 20.3. The molecule has 0 bridgehead atoms. The Balaban J connectivity index is 1.47. The number of hydrogen-bond donors (Lipinski definition) is 1. The lowest BCUT2D eigenvalue weighted by Gasteiger charge is -2.34. The molecule has 0 atom stereocenters. The zero-order valence-corrected chi connectivity index (χ0v) is 17.7. The standard InChI is InChI=1S/C25H23F2N5/c1-31-10-12-32(13-11-31)19-14-21(26)24(22(27)15-19)30-25-28-16-18-8-5-9-20(23(18)29-25)17-6-3-2-4-7-17/h2-9,14-16H,10-13H2,1H3,(H,28,29,30). The van der Waals surface area contributed by atoms with Crippen LogP contribution in [0.4, 0.5) is 26.1 Å². The number of nitrogens with zero attached hydrogens (tertiary/aromatic N) is 4. The van der Waals surface area contributed by atoms with Gasteiger partial charge in [-0.2, -0.15) is 0 Å². The van der Waals surface area contributed by atoms with Gasteiger partial charge in [-0.15, -0.1) is 0 Å². The van der Waals surface area contributed by atoms with Crippen molar-refractivity contribution in [1.29, 1.82) is 0 Å². The van der Waals surface area contributed by atoms with E-state index >= 15 is 0 Å². The lowest BCUT2D eigenvalue weighted by Crippen LogP contribution is -2.44. The number of para-hydroxylation sites is 1. The molecule has 0 aliphatic carbocycles. The van der Waals surface area contributed by atoms with Crippen molar-refractivity contribution in [2.75, 3.05) is 43.4 Å². The first-order valence-corrected chi connectivity index (χ1v) is 10.6. The third kappa shape index (κ3) is 3.99. The van der Waals surface area contributed by atoms with Crippen molar-refractivity contribution in [2.45, 2.75) is 0 Å². The van der Waals surface area contributed by atoms with E-state index in [0.717, 1.165) is 42.7 Å². The molecule has 0 radical (unpaired) electrons. The maximum absolute atomic E-state index is 14.9. The summed E-state index contributed by atoms with van der Waals surface area (Å²) >= 11 is 0. The molecule has 1 N–H and O–H groups in total. The summed E-state index contributed by atoms with van der Waals surface area (Å²) in [5, 5.41) is 3.60. The monoisotopic (exact) mass is 431 g/mol. The Kier molecular flexibility index (Phi) is 5.41. The number of anilines is 3. The lowest BCUT2D eigenvalue weighted by atomic mass is 10.0. The number of aromatic nitrogens is 2. The minimum absolute atomic E-state index is 0.144.